The second-order valence-corrected chi connectivity index (χ2v) is 38.4. The predicted molar refractivity (Wildman–Crippen MR) is 561 cm³/mol. The van der Waals surface area contributed by atoms with E-state index in [1.165, 1.54) is 60.4 Å². The minimum Gasteiger partial charge on any atom is -0.365 e. The molecule has 0 unspecified atom stereocenters. The summed E-state index contributed by atoms with van der Waals surface area (Å²) in [7, 11) is -3.11. The lowest BCUT2D eigenvalue weighted by Gasteiger charge is -2.38. The summed E-state index contributed by atoms with van der Waals surface area (Å²) in [5.41, 5.74) is 20.6. The highest BCUT2D eigenvalue weighted by Crippen LogP contribution is 2.34. The monoisotopic (exact) mass is 2050 g/mol. The third-order valence-corrected chi connectivity index (χ3v) is 25.7. The average molecular weight is 2050 g/mol. The lowest BCUT2D eigenvalue weighted by molar-refractivity contribution is -0.191. The number of nitrogens with zero attached hydrogens (tertiary/aromatic N) is 14. The number of nitrogens with two attached hydrogens (primary N) is 1. The number of carbonyl (C=O) groups excluding carboxylic acids is 6. The quantitative estimate of drug-likeness (QED) is 0.0122. The Hall–Kier alpha value is -10.6. The smallest absolute Gasteiger partial charge is 0.365 e. The Morgan fingerprint density at radius 1 is 0.507 bits per heavy atom. The molecule has 140 heavy (non-hydrogen) atoms. The summed E-state index contributed by atoms with van der Waals surface area (Å²) in [5, 5.41) is 21.0. The Labute approximate surface area is 855 Å². The van der Waals surface area contributed by atoms with Crippen molar-refractivity contribution in [3.63, 3.8) is 0 Å². The number of aryl methyl sites for hydroxylation is 1. The minimum absolute atomic E-state index is 0.00168. The van der Waals surface area contributed by atoms with E-state index in [0.29, 0.717) is 83.9 Å². The maximum Gasteiger partial charge on any atom is 0.425 e. The van der Waals surface area contributed by atoms with Crippen LogP contribution in [0.5, 0.6) is 0 Å². The Balaban J connectivity index is 0.000000197. The van der Waals surface area contributed by atoms with Crippen molar-refractivity contribution in [1.29, 1.82) is 0 Å². The van der Waals surface area contributed by atoms with Crippen LogP contribution < -0.4 is 37.6 Å². The molecular formula is C103H133Cl6N21O9S. The van der Waals surface area contributed by atoms with Gasteiger partial charge < -0.3 is 47.4 Å². The molecule has 0 bridgehead atoms. The van der Waals surface area contributed by atoms with E-state index < -0.39 is 10.6 Å². The van der Waals surface area contributed by atoms with Gasteiger partial charge >= 0.3 is 16.8 Å². The van der Waals surface area contributed by atoms with Crippen LogP contribution in [-0.4, -0.2) is 223 Å². The van der Waals surface area contributed by atoms with Crippen molar-refractivity contribution >= 4 is 163 Å². The number of carbonyl (C=O) groups is 4. The second-order valence-electron chi connectivity index (χ2n) is 35.8. The second kappa shape index (κ2) is 61.9. The molecule has 10 aliphatic rings. The van der Waals surface area contributed by atoms with Gasteiger partial charge in [0.15, 0.2) is 0 Å². The first kappa shape index (κ1) is 115. The molecule has 5 aliphatic heterocycles. The Morgan fingerprint density at radius 2 is 0.900 bits per heavy atom. The van der Waals surface area contributed by atoms with Gasteiger partial charge in [0.05, 0.1) is 28.5 Å². The van der Waals surface area contributed by atoms with Crippen LogP contribution in [0, 0.1) is 12.8 Å². The number of amides is 3. The van der Waals surface area contributed by atoms with Crippen LogP contribution in [0.2, 0.25) is 15.7 Å². The number of alkyl halides is 2. The fourth-order valence-corrected chi connectivity index (χ4v) is 18.1. The molecule has 5 fully saturated rings. The van der Waals surface area contributed by atoms with Crippen LogP contribution >= 0.6 is 69.6 Å². The third-order valence-electron chi connectivity index (χ3n) is 24.5. The van der Waals surface area contributed by atoms with E-state index in [9.17, 15) is 19.2 Å². The molecule has 37 heteroatoms. The number of benzene rings is 3. The number of piperidine rings is 5. The largest absolute Gasteiger partial charge is 0.425 e. The molecule has 752 valence electrons. The maximum atomic E-state index is 12.2. The molecule has 0 spiro atoms. The van der Waals surface area contributed by atoms with E-state index in [0.717, 1.165) is 184 Å². The summed E-state index contributed by atoms with van der Waals surface area (Å²) in [4.78, 5) is 112. The number of hydrogen-bond donors (Lipinski definition) is 7. The first-order valence-electron chi connectivity index (χ1n) is 47.6. The van der Waals surface area contributed by atoms with Crippen LogP contribution in [0.3, 0.4) is 0 Å². The standard InChI is InChI=1S/C20H23ClN4.C16H21ClN4O.C16H20N4O.C13H18N4.C13H20N2.C7H4Cl2N2.C7H15NO.C7H8.C3H4Cl2O.CO2.O3S/c1-14-10-11-16(13-25(14)12-15-6-3-2-4-7-15)22-19-17-8-5-9-18(17)23-20(21)24-19;1-11-5-6-12(9-21(11)15(22)7-8-17)20-16-13-3-2-4-14(13)18-10-19-16;1-3-15(21)20-9-12(8-7-11(20)2)19-16-13-5-4-6-14(13)17-10-18-16;1-9-5-6-10(7-14-9)17-13-11-3-2-4-12(11)15-8-16-13;1-11-7-8-13(14)10-15(11)9-12-5-3-2-4-6-12;8-6-4-2-1-3-5(4)10-7(9)11-6;1-6(2)4-5-8-7(3)9;1-7-5-3-2-4-6-7;4-2-1-3(5)6;2-1-3;1-4(2)3/h2-8,14,16H,9-13H2,1H3,(H,22,23,24);2-3,10-12H,4-9H2,1H3,(H,18,19,20);3-5,10-12H,1,6-9H2,2H3,(H,17,18,19);2-3,8-10,14H,4-7H2,1H3,(H,15,16,17);2-6,11,13H,7-10,14H2,1H3;1-2H,3H2;6H,4-5H2,1-3H3,(H,8,9);2-6H,1H3;1-2H2;;/t14-,16+;2*11-,12+;9-,10+;11-,13+;;;;;;/m00000....../s1. The van der Waals surface area contributed by atoms with E-state index >= 15 is 0 Å². The molecule has 18 rings (SSSR count). The molecule has 0 saturated carbocycles. The zero-order valence-electron chi connectivity index (χ0n) is 81.3. The number of anilines is 4. The van der Waals surface area contributed by atoms with E-state index in [2.05, 4.69) is 275 Å². The molecule has 10 atom stereocenters. The van der Waals surface area contributed by atoms with Gasteiger partial charge in [-0.15, -0.1) is 35.8 Å². The topological polar surface area (TPSA) is 394 Å². The van der Waals surface area contributed by atoms with E-state index in [4.69, 9.17) is 97.6 Å². The summed E-state index contributed by atoms with van der Waals surface area (Å²) in [5.74, 6) is 5.21. The summed E-state index contributed by atoms with van der Waals surface area (Å²) >= 11 is 33.1. The third kappa shape index (κ3) is 40.0. The maximum absolute atomic E-state index is 12.2. The number of likely N-dealkylation sites (tertiary alicyclic amines) is 4. The van der Waals surface area contributed by atoms with Gasteiger partial charge in [0, 0.05) is 204 Å². The zero-order chi connectivity index (χ0) is 101. The molecule has 30 nitrogen and oxygen atoms in total. The van der Waals surface area contributed by atoms with E-state index in [1.807, 2.05) is 40.2 Å². The fraction of sp³-hybridized carbons (Fsp3) is 0.466. The van der Waals surface area contributed by atoms with Gasteiger partial charge in [-0.1, -0.05) is 189 Å². The van der Waals surface area contributed by atoms with Gasteiger partial charge in [-0.25, -0.2) is 49.8 Å². The Kier molecular flexibility index (Phi) is 50.7. The first-order valence-corrected chi connectivity index (χ1v) is 51.2. The molecule has 3 amide bonds. The fourth-order valence-electron chi connectivity index (χ4n) is 16.9. The molecule has 5 aliphatic carbocycles. The van der Waals surface area contributed by atoms with Crippen LogP contribution in [0.25, 0.3) is 30.4 Å². The zero-order valence-corrected chi connectivity index (χ0v) is 86.6. The highest BCUT2D eigenvalue weighted by Gasteiger charge is 2.33. The van der Waals surface area contributed by atoms with Gasteiger partial charge in [0.1, 0.15) is 47.4 Å². The van der Waals surface area contributed by atoms with Crippen LogP contribution in [0.4, 0.5) is 23.3 Å². The lowest BCUT2D eigenvalue weighted by Crippen LogP contribution is -2.49. The van der Waals surface area contributed by atoms with Crippen molar-refractivity contribution in [3.8, 4) is 0 Å². The SMILES string of the molecule is C=CC(=O)N1C[C@H](Nc2ncnc3c2C=CC3)CC[C@@H]1C.CC(=O)NCCC(C)C.C[C@H]1CC[C@@H](N)CN1Cc1ccccc1.C[C@H]1CC[C@@H](Nc2nc(Cl)nc3c2C=CC3)CN1Cc1ccccc1.C[C@H]1CC[C@@H](Nc2ncnc3c2C=CC3)CN1.C[C@H]1CC[C@@H](Nc2ncnc3c2C=CC3)CN1C(=O)CCCl.Cc1ccccc1.Clc1nc(Cl)c2c(n1)CC=C2.O=C(Cl)CCCl.O=C=O.O=S(=O)=O. The molecule has 5 aromatic heterocycles. The number of aromatic nitrogens is 10. The Bertz CT molecular complexity index is 5570. The predicted octanol–water partition coefficient (Wildman–Crippen LogP) is 17.6. The molecule has 5 saturated heterocycles. The number of halogens is 6. The van der Waals surface area contributed by atoms with Crippen molar-refractivity contribution in [1.82, 2.24) is 80.1 Å². The minimum atomic E-state index is -3.11. The highest BCUT2D eigenvalue weighted by molar-refractivity contribution is 7.59. The molecule has 8 aromatic rings. The molecule has 8 N–H and O–H groups in total. The van der Waals surface area contributed by atoms with Crippen LogP contribution in [-0.2, 0) is 84.6 Å². The van der Waals surface area contributed by atoms with Gasteiger partial charge in [-0.2, -0.15) is 9.59 Å². The average Bonchev–Trinajstić information content (AvgIpc) is 1.67. The van der Waals surface area contributed by atoms with Gasteiger partial charge in [0.2, 0.25) is 33.5 Å². The van der Waals surface area contributed by atoms with Gasteiger partial charge in [-0.3, -0.25) is 29.0 Å². The highest BCUT2D eigenvalue weighted by atomic mass is 35.5. The van der Waals surface area contributed by atoms with Crippen molar-refractivity contribution < 1.29 is 41.4 Å². The summed E-state index contributed by atoms with van der Waals surface area (Å²) in [6.07, 6.45) is 44.5. The normalized spacial score (nSPS) is 20.3. The number of hydrogen-bond acceptors (Lipinski definition) is 27. The van der Waals surface area contributed by atoms with Crippen molar-refractivity contribution in [2.75, 3.05) is 72.3 Å². The summed E-state index contributed by atoms with van der Waals surface area (Å²) in [6, 6.07) is 35.7. The molecular weight excluding hydrogens is 1920 g/mol. The van der Waals surface area contributed by atoms with Crippen molar-refractivity contribution in [3.05, 3.63) is 242 Å². The van der Waals surface area contributed by atoms with E-state index in [1.54, 1.807) is 25.9 Å². The van der Waals surface area contributed by atoms with Gasteiger partial charge in [0.25, 0.3) is 0 Å². The van der Waals surface area contributed by atoms with Crippen LogP contribution in [0.15, 0.2) is 153 Å². The van der Waals surface area contributed by atoms with Gasteiger partial charge in [-0.05, 0) is 170 Å². The molecule has 0 radical (unpaired) electrons. The molecule has 3 aromatic carbocycles. The number of rotatable bonds is 20. The van der Waals surface area contributed by atoms with Crippen molar-refractivity contribution in [2.45, 2.75) is 251 Å². The lowest BCUT2D eigenvalue weighted by atomic mass is 9.98. The number of allylic oxidation sites excluding steroid dienone is 5. The summed E-state index contributed by atoms with van der Waals surface area (Å²) in [6.45, 7) is 29.8. The molecule has 10 heterocycles. The summed E-state index contributed by atoms with van der Waals surface area (Å²) < 4.78 is 25.3. The van der Waals surface area contributed by atoms with Crippen molar-refractivity contribution in [2.24, 2.45) is 11.7 Å². The van der Waals surface area contributed by atoms with Crippen LogP contribution in [0.1, 0.15) is 212 Å². The first-order chi connectivity index (χ1) is 67.3. The Morgan fingerprint density at radius 3 is 1.33 bits per heavy atom. The number of fused-ring (bicyclic) bond motifs is 5. The number of nitrogens with one attached hydrogen (secondary N) is 6. The van der Waals surface area contributed by atoms with E-state index in [-0.39, 0.29) is 65.0 Å².